The molecule has 0 saturated heterocycles. The van der Waals surface area contributed by atoms with Crippen molar-refractivity contribution >= 4 is 23.0 Å². The molecule has 4 nitrogen and oxygen atoms in total. The van der Waals surface area contributed by atoms with Crippen LogP contribution in [-0.4, -0.2) is 22.6 Å². The Morgan fingerprint density at radius 1 is 1.27 bits per heavy atom. The van der Waals surface area contributed by atoms with Crippen molar-refractivity contribution < 1.29 is 9.90 Å². The molecule has 0 saturated carbocycles. The number of para-hydroxylation sites is 1. The maximum atomic E-state index is 11.5. The highest BCUT2D eigenvalue weighted by molar-refractivity contribution is 7.13. The van der Waals surface area contributed by atoms with Crippen LogP contribution in [0.15, 0.2) is 30.3 Å². The Morgan fingerprint density at radius 2 is 1.91 bits per heavy atom. The van der Waals surface area contributed by atoms with E-state index in [4.69, 9.17) is 0 Å². The molecule has 1 aromatic carbocycles. The maximum absolute atomic E-state index is 11.5. The smallest absolute Gasteiger partial charge is 0.347 e. The Labute approximate surface area is 135 Å². The summed E-state index contributed by atoms with van der Waals surface area (Å²) >= 11 is 1.28. The first-order valence-corrected chi connectivity index (χ1v) is 8.18. The number of nitrogens with zero attached hydrogens (tertiary/aromatic N) is 2. The van der Waals surface area contributed by atoms with Gasteiger partial charge in [-0.15, -0.1) is 11.3 Å². The van der Waals surface area contributed by atoms with Gasteiger partial charge in [0, 0.05) is 17.6 Å². The van der Waals surface area contributed by atoms with E-state index >= 15 is 0 Å². The van der Waals surface area contributed by atoms with Crippen molar-refractivity contribution in [3.63, 3.8) is 0 Å². The molecule has 118 valence electrons. The van der Waals surface area contributed by atoms with Crippen LogP contribution in [-0.2, 0) is 12.0 Å². The first-order chi connectivity index (χ1) is 10.3. The second-order valence-corrected chi connectivity index (χ2v) is 7.27. The summed E-state index contributed by atoms with van der Waals surface area (Å²) in [6.45, 7) is 9.54. The largest absolute Gasteiger partial charge is 0.477 e. The topological polar surface area (TPSA) is 53.4 Å². The summed E-state index contributed by atoms with van der Waals surface area (Å²) in [5.41, 5.74) is 1.52. The summed E-state index contributed by atoms with van der Waals surface area (Å²) in [7, 11) is 0. The molecule has 0 unspecified atom stereocenters. The summed E-state index contributed by atoms with van der Waals surface area (Å²) in [6.07, 6.45) is 0. The third kappa shape index (κ3) is 3.65. The number of anilines is 1. The number of carboxylic acid groups (broad SMARTS) is 1. The van der Waals surface area contributed by atoms with E-state index in [1.54, 1.807) is 0 Å². The van der Waals surface area contributed by atoms with Crippen LogP contribution in [0.25, 0.3) is 0 Å². The Hall–Kier alpha value is -1.88. The van der Waals surface area contributed by atoms with Crippen LogP contribution in [0.5, 0.6) is 0 Å². The zero-order chi connectivity index (χ0) is 16.3. The molecule has 0 spiro atoms. The van der Waals surface area contributed by atoms with Crippen molar-refractivity contribution in [2.24, 2.45) is 0 Å². The van der Waals surface area contributed by atoms with E-state index in [2.05, 4.69) is 28.9 Å². The second kappa shape index (κ2) is 6.48. The van der Waals surface area contributed by atoms with Crippen LogP contribution < -0.4 is 4.90 Å². The average Bonchev–Trinajstić information content (AvgIpc) is 2.90. The number of hydrogen-bond acceptors (Lipinski definition) is 4. The van der Waals surface area contributed by atoms with Crippen LogP contribution in [0.3, 0.4) is 0 Å². The summed E-state index contributed by atoms with van der Waals surface area (Å²) < 4.78 is 0. The van der Waals surface area contributed by atoms with Gasteiger partial charge >= 0.3 is 5.97 Å². The number of carbonyl (C=O) groups is 1. The van der Waals surface area contributed by atoms with E-state index in [0.29, 0.717) is 17.1 Å². The number of aromatic nitrogens is 1. The van der Waals surface area contributed by atoms with Crippen molar-refractivity contribution in [1.29, 1.82) is 0 Å². The first kappa shape index (κ1) is 16.5. The van der Waals surface area contributed by atoms with Crippen molar-refractivity contribution in [3.05, 3.63) is 45.9 Å². The number of hydrogen-bond donors (Lipinski definition) is 1. The molecule has 0 fully saturated rings. The maximum Gasteiger partial charge on any atom is 0.347 e. The molecule has 1 N–H and O–H groups in total. The van der Waals surface area contributed by atoms with Crippen LogP contribution in [0, 0.1) is 0 Å². The molecule has 0 bridgehead atoms. The van der Waals surface area contributed by atoms with Crippen LogP contribution in [0.1, 0.15) is 48.1 Å². The molecule has 0 radical (unpaired) electrons. The van der Waals surface area contributed by atoms with Gasteiger partial charge in [-0.2, -0.15) is 0 Å². The molecule has 5 heteroatoms. The highest BCUT2D eigenvalue weighted by Gasteiger charge is 2.27. The van der Waals surface area contributed by atoms with Gasteiger partial charge in [0.1, 0.15) is 9.88 Å². The van der Waals surface area contributed by atoms with Crippen LogP contribution in [0.2, 0.25) is 0 Å². The Morgan fingerprint density at radius 3 is 2.36 bits per heavy atom. The molecule has 0 atom stereocenters. The van der Waals surface area contributed by atoms with Crippen molar-refractivity contribution in [3.8, 4) is 0 Å². The fraction of sp³-hybridized carbons (Fsp3) is 0.412. The molecule has 1 aromatic heterocycles. The van der Waals surface area contributed by atoms with Crippen LogP contribution >= 0.6 is 11.3 Å². The summed E-state index contributed by atoms with van der Waals surface area (Å²) in [5, 5.41) is 10.2. The minimum absolute atomic E-state index is 0.272. The SMILES string of the molecule is CCN(Cc1nc(C(C)(C)C)c(C(=O)O)s1)c1ccccc1. The monoisotopic (exact) mass is 318 g/mol. The minimum Gasteiger partial charge on any atom is -0.477 e. The quantitative estimate of drug-likeness (QED) is 0.899. The van der Waals surface area contributed by atoms with Gasteiger partial charge in [-0.25, -0.2) is 9.78 Å². The minimum atomic E-state index is -0.892. The molecule has 2 aromatic rings. The summed E-state index contributed by atoms with van der Waals surface area (Å²) in [4.78, 5) is 18.6. The summed E-state index contributed by atoms with van der Waals surface area (Å²) in [6, 6.07) is 10.1. The third-order valence-corrected chi connectivity index (χ3v) is 4.43. The fourth-order valence-corrected chi connectivity index (χ4v) is 3.40. The van der Waals surface area contributed by atoms with E-state index in [-0.39, 0.29) is 5.41 Å². The lowest BCUT2D eigenvalue weighted by Gasteiger charge is -2.21. The lowest BCUT2D eigenvalue weighted by Crippen LogP contribution is -2.22. The van der Waals surface area contributed by atoms with E-state index in [9.17, 15) is 9.90 Å². The van der Waals surface area contributed by atoms with Gasteiger partial charge in [-0.3, -0.25) is 0 Å². The van der Waals surface area contributed by atoms with E-state index in [1.165, 1.54) is 11.3 Å². The highest BCUT2D eigenvalue weighted by Crippen LogP contribution is 2.30. The van der Waals surface area contributed by atoms with Gasteiger partial charge in [0.25, 0.3) is 0 Å². The number of thiazole rings is 1. The second-order valence-electron chi connectivity index (χ2n) is 6.19. The lowest BCUT2D eigenvalue weighted by molar-refractivity contribution is 0.0699. The zero-order valence-electron chi connectivity index (χ0n) is 13.5. The van der Waals surface area contributed by atoms with Gasteiger partial charge in [0.05, 0.1) is 12.2 Å². The molecule has 0 aliphatic carbocycles. The molecule has 22 heavy (non-hydrogen) atoms. The molecule has 2 rings (SSSR count). The molecular formula is C17H22N2O2S. The lowest BCUT2D eigenvalue weighted by atomic mass is 9.91. The predicted octanol–water partition coefficient (Wildman–Crippen LogP) is 4.17. The standard InChI is InChI=1S/C17H22N2O2S/c1-5-19(12-9-7-6-8-10-12)11-13-18-15(17(2,3)4)14(22-13)16(20)21/h6-10H,5,11H2,1-4H3,(H,20,21). The molecule has 0 aliphatic rings. The predicted molar refractivity (Wildman–Crippen MR) is 90.9 cm³/mol. The third-order valence-electron chi connectivity index (χ3n) is 3.41. The van der Waals surface area contributed by atoms with E-state index in [0.717, 1.165) is 17.2 Å². The average molecular weight is 318 g/mol. The highest BCUT2D eigenvalue weighted by atomic mass is 32.1. The molecule has 0 aliphatic heterocycles. The molecular weight excluding hydrogens is 296 g/mol. The van der Waals surface area contributed by atoms with Crippen LogP contribution in [0.4, 0.5) is 5.69 Å². The first-order valence-electron chi connectivity index (χ1n) is 7.36. The van der Waals surface area contributed by atoms with Gasteiger partial charge < -0.3 is 10.0 Å². The van der Waals surface area contributed by atoms with Gasteiger partial charge in [0.2, 0.25) is 0 Å². The number of carboxylic acids is 1. The number of rotatable bonds is 5. The summed E-state index contributed by atoms with van der Waals surface area (Å²) in [5.74, 6) is -0.892. The van der Waals surface area contributed by atoms with Gasteiger partial charge in [-0.05, 0) is 19.1 Å². The van der Waals surface area contributed by atoms with Crippen molar-refractivity contribution in [2.75, 3.05) is 11.4 Å². The Kier molecular flexibility index (Phi) is 4.86. The number of benzene rings is 1. The normalized spacial score (nSPS) is 11.5. The van der Waals surface area contributed by atoms with E-state index in [1.807, 2.05) is 39.0 Å². The Balaban J connectivity index is 2.31. The van der Waals surface area contributed by atoms with Gasteiger partial charge in [0.15, 0.2) is 0 Å². The van der Waals surface area contributed by atoms with E-state index < -0.39 is 5.97 Å². The zero-order valence-corrected chi connectivity index (χ0v) is 14.3. The molecule has 1 heterocycles. The fourth-order valence-electron chi connectivity index (χ4n) is 2.27. The van der Waals surface area contributed by atoms with Gasteiger partial charge in [-0.1, -0.05) is 39.0 Å². The Bertz CT molecular complexity index is 644. The molecule has 0 amide bonds. The van der Waals surface area contributed by atoms with Crippen molar-refractivity contribution in [2.45, 2.75) is 39.7 Å². The number of aromatic carboxylic acids is 1. The van der Waals surface area contributed by atoms with Crippen molar-refractivity contribution in [1.82, 2.24) is 4.98 Å².